The summed E-state index contributed by atoms with van der Waals surface area (Å²) in [6, 6.07) is 3.51. The first-order valence-corrected chi connectivity index (χ1v) is 8.22. The minimum atomic E-state index is 0.551. The van der Waals surface area contributed by atoms with Crippen molar-refractivity contribution in [1.29, 1.82) is 0 Å². The fraction of sp³-hybridized carbons (Fsp3) is 0.706. The van der Waals surface area contributed by atoms with Gasteiger partial charge < -0.3 is 9.64 Å². The number of pyridine rings is 1. The van der Waals surface area contributed by atoms with Crippen molar-refractivity contribution in [1.82, 2.24) is 9.88 Å². The van der Waals surface area contributed by atoms with Crippen LogP contribution in [0.15, 0.2) is 12.3 Å². The molecule has 2 fully saturated rings. The van der Waals surface area contributed by atoms with Crippen LogP contribution in [-0.2, 0) is 4.74 Å². The first kappa shape index (κ1) is 14.8. The summed E-state index contributed by atoms with van der Waals surface area (Å²) in [5.74, 6) is 1.14. The SMILES string of the molecule is Cc1cc([C@@H]2CCCN2C(C)C)cnc1N1CCOCC1. The van der Waals surface area contributed by atoms with Crippen molar-refractivity contribution in [2.75, 3.05) is 37.7 Å². The number of nitrogens with zero attached hydrogens (tertiary/aromatic N) is 3. The summed E-state index contributed by atoms with van der Waals surface area (Å²) in [6.07, 6.45) is 4.66. The molecule has 0 saturated carbocycles. The highest BCUT2D eigenvalue weighted by Crippen LogP contribution is 2.34. The molecule has 1 aromatic heterocycles. The van der Waals surface area contributed by atoms with Crippen LogP contribution < -0.4 is 4.90 Å². The third-order valence-electron chi connectivity index (χ3n) is 4.72. The van der Waals surface area contributed by atoms with Gasteiger partial charge >= 0.3 is 0 Å². The molecule has 4 nitrogen and oxygen atoms in total. The molecule has 2 aliphatic heterocycles. The van der Waals surface area contributed by atoms with Gasteiger partial charge in [-0.2, -0.15) is 0 Å². The number of morpholine rings is 1. The Balaban J connectivity index is 1.80. The van der Waals surface area contributed by atoms with Gasteiger partial charge in [-0.15, -0.1) is 0 Å². The highest BCUT2D eigenvalue weighted by molar-refractivity contribution is 5.48. The lowest BCUT2D eigenvalue weighted by Crippen LogP contribution is -2.37. The van der Waals surface area contributed by atoms with Crippen molar-refractivity contribution in [2.24, 2.45) is 0 Å². The van der Waals surface area contributed by atoms with Gasteiger partial charge in [-0.05, 0) is 57.4 Å². The Hall–Kier alpha value is -1.13. The number of anilines is 1. The van der Waals surface area contributed by atoms with E-state index in [1.165, 1.54) is 30.5 Å². The van der Waals surface area contributed by atoms with Crippen molar-refractivity contribution >= 4 is 5.82 Å². The smallest absolute Gasteiger partial charge is 0.131 e. The lowest BCUT2D eigenvalue weighted by Gasteiger charge is -2.31. The number of ether oxygens (including phenoxy) is 1. The van der Waals surface area contributed by atoms with Crippen LogP contribution in [0.3, 0.4) is 0 Å². The summed E-state index contributed by atoms with van der Waals surface area (Å²) >= 11 is 0. The second kappa shape index (κ2) is 6.32. The van der Waals surface area contributed by atoms with Crippen LogP contribution in [0.25, 0.3) is 0 Å². The monoisotopic (exact) mass is 289 g/mol. The quantitative estimate of drug-likeness (QED) is 0.855. The van der Waals surface area contributed by atoms with Crippen LogP contribution >= 0.6 is 0 Å². The van der Waals surface area contributed by atoms with Gasteiger partial charge in [0.25, 0.3) is 0 Å². The van der Waals surface area contributed by atoms with E-state index in [2.05, 4.69) is 42.8 Å². The summed E-state index contributed by atoms with van der Waals surface area (Å²) in [5.41, 5.74) is 2.68. The van der Waals surface area contributed by atoms with Crippen molar-refractivity contribution in [3.8, 4) is 0 Å². The molecule has 0 amide bonds. The average Bonchev–Trinajstić information content (AvgIpc) is 2.97. The van der Waals surface area contributed by atoms with E-state index in [0.29, 0.717) is 12.1 Å². The second-order valence-electron chi connectivity index (χ2n) is 6.50. The molecule has 21 heavy (non-hydrogen) atoms. The molecule has 3 heterocycles. The molecule has 0 radical (unpaired) electrons. The molecule has 0 bridgehead atoms. The molecule has 0 aromatic carbocycles. The maximum absolute atomic E-state index is 5.43. The lowest BCUT2D eigenvalue weighted by atomic mass is 10.0. The molecule has 1 aromatic rings. The predicted molar refractivity (Wildman–Crippen MR) is 85.8 cm³/mol. The Bertz CT molecular complexity index is 483. The standard InChI is InChI=1S/C17H27N3O/c1-13(2)20-6-4-5-16(20)15-11-14(3)17(18-12-15)19-7-9-21-10-8-19/h11-13,16H,4-10H2,1-3H3/t16-/m0/s1. The van der Waals surface area contributed by atoms with Gasteiger partial charge in [0.15, 0.2) is 0 Å². The van der Waals surface area contributed by atoms with Crippen LogP contribution in [-0.4, -0.2) is 48.8 Å². The normalized spacial score (nSPS) is 24.0. The number of aromatic nitrogens is 1. The van der Waals surface area contributed by atoms with Crippen LogP contribution in [0.2, 0.25) is 0 Å². The Labute approximate surface area is 128 Å². The van der Waals surface area contributed by atoms with E-state index >= 15 is 0 Å². The van der Waals surface area contributed by atoms with E-state index in [1.54, 1.807) is 0 Å². The lowest BCUT2D eigenvalue weighted by molar-refractivity contribution is 0.122. The maximum atomic E-state index is 5.43. The highest BCUT2D eigenvalue weighted by Gasteiger charge is 2.28. The summed E-state index contributed by atoms with van der Waals surface area (Å²) in [4.78, 5) is 9.73. The van der Waals surface area contributed by atoms with Crippen LogP contribution in [0, 0.1) is 6.92 Å². The van der Waals surface area contributed by atoms with Gasteiger partial charge in [0.05, 0.1) is 13.2 Å². The van der Waals surface area contributed by atoms with Crippen LogP contribution in [0.4, 0.5) is 5.82 Å². The third kappa shape index (κ3) is 3.06. The summed E-state index contributed by atoms with van der Waals surface area (Å²) < 4.78 is 5.43. The molecule has 116 valence electrons. The molecule has 0 aliphatic carbocycles. The van der Waals surface area contributed by atoms with E-state index in [1.807, 2.05) is 0 Å². The van der Waals surface area contributed by atoms with Gasteiger partial charge in [-0.25, -0.2) is 4.98 Å². The first-order valence-electron chi connectivity index (χ1n) is 8.22. The molecule has 3 rings (SSSR count). The fourth-order valence-corrected chi connectivity index (χ4v) is 3.64. The third-order valence-corrected chi connectivity index (χ3v) is 4.72. The average molecular weight is 289 g/mol. The Morgan fingerprint density at radius 2 is 2.00 bits per heavy atom. The van der Waals surface area contributed by atoms with Crippen LogP contribution in [0.1, 0.15) is 43.9 Å². The van der Waals surface area contributed by atoms with E-state index in [9.17, 15) is 0 Å². The second-order valence-corrected chi connectivity index (χ2v) is 6.50. The maximum Gasteiger partial charge on any atom is 0.131 e. The summed E-state index contributed by atoms with van der Waals surface area (Å²) in [5, 5.41) is 0. The molecule has 0 spiro atoms. The van der Waals surface area contributed by atoms with E-state index in [4.69, 9.17) is 9.72 Å². The molecular weight excluding hydrogens is 262 g/mol. The Kier molecular flexibility index (Phi) is 4.45. The molecular formula is C17H27N3O. The van der Waals surface area contributed by atoms with Crippen molar-refractivity contribution in [2.45, 2.75) is 45.7 Å². The zero-order valence-electron chi connectivity index (χ0n) is 13.5. The zero-order valence-corrected chi connectivity index (χ0v) is 13.5. The van der Waals surface area contributed by atoms with Gasteiger partial charge in [0.2, 0.25) is 0 Å². The largest absolute Gasteiger partial charge is 0.378 e. The molecule has 0 N–H and O–H groups in total. The first-order chi connectivity index (χ1) is 10.2. The topological polar surface area (TPSA) is 28.6 Å². The predicted octanol–water partition coefficient (Wildman–Crippen LogP) is 2.77. The molecule has 2 aliphatic rings. The Morgan fingerprint density at radius 3 is 2.67 bits per heavy atom. The van der Waals surface area contributed by atoms with Gasteiger partial charge in [0, 0.05) is 31.4 Å². The van der Waals surface area contributed by atoms with Crippen LogP contribution in [0.5, 0.6) is 0 Å². The van der Waals surface area contributed by atoms with Crippen molar-refractivity contribution < 1.29 is 4.74 Å². The Morgan fingerprint density at radius 1 is 1.24 bits per heavy atom. The van der Waals surface area contributed by atoms with Crippen molar-refractivity contribution in [3.05, 3.63) is 23.4 Å². The minimum Gasteiger partial charge on any atom is -0.378 e. The fourth-order valence-electron chi connectivity index (χ4n) is 3.64. The minimum absolute atomic E-state index is 0.551. The number of aryl methyl sites for hydroxylation is 1. The summed E-state index contributed by atoms with van der Waals surface area (Å²) in [6.45, 7) is 11.5. The van der Waals surface area contributed by atoms with E-state index < -0.39 is 0 Å². The highest BCUT2D eigenvalue weighted by atomic mass is 16.5. The molecule has 1 atom stereocenters. The summed E-state index contributed by atoms with van der Waals surface area (Å²) in [7, 11) is 0. The molecule has 2 saturated heterocycles. The molecule has 4 heteroatoms. The molecule has 0 unspecified atom stereocenters. The number of hydrogen-bond acceptors (Lipinski definition) is 4. The number of hydrogen-bond donors (Lipinski definition) is 0. The van der Waals surface area contributed by atoms with Gasteiger partial charge in [-0.3, -0.25) is 4.90 Å². The van der Waals surface area contributed by atoms with E-state index in [-0.39, 0.29) is 0 Å². The zero-order chi connectivity index (χ0) is 14.8. The van der Waals surface area contributed by atoms with Crippen molar-refractivity contribution in [3.63, 3.8) is 0 Å². The van der Waals surface area contributed by atoms with E-state index in [0.717, 1.165) is 32.1 Å². The number of likely N-dealkylation sites (tertiary alicyclic amines) is 1. The number of rotatable bonds is 3. The van der Waals surface area contributed by atoms with Gasteiger partial charge in [-0.1, -0.05) is 0 Å². The van der Waals surface area contributed by atoms with Gasteiger partial charge in [0.1, 0.15) is 5.82 Å².